The normalized spacial score (nSPS) is 12.8. The summed E-state index contributed by atoms with van der Waals surface area (Å²) >= 11 is 1.57. The van der Waals surface area contributed by atoms with Gasteiger partial charge in [-0.1, -0.05) is 266 Å². The number of halogens is 1. The second-order valence-electron chi connectivity index (χ2n) is 26.1. The predicted octanol–water partition coefficient (Wildman–Crippen LogP) is 20.9. The van der Waals surface area contributed by atoms with Gasteiger partial charge in [0.25, 0.3) is 6.71 Å². The van der Waals surface area contributed by atoms with Crippen molar-refractivity contribution in [2.24, 2.45) is 0 Å². The number of nitrogens with zero attached hydrogens (tertiary/aromatic N) is 5. The van der Waals surface area contributed by atoms with Crippen LogP contribution in [0.5, 0.6) is 0 Å². The van der Waals surface area contributed by atoms with Gasteiger partial charge in [-0.15, -0.1) is 0 Å². The monoisotopic (exact) mass is 1300 g/mol. The lowest BCUT2D eigenvalue weighted by Gasteiger charge is -2.46. The molecule has 100 heavy (non-hydrogen) atoms. The van der Waals surface area contributed by atoms with E-state index < -0.39 is 6.71 Å². The summed E-state index contributed by atoms with van der Waals surface area (Å²) in [6.07, 6.45) is 0. The Morgan fingerprint density at radius 1 is 0.290 bits per heavy atom. The SMILES string of the molecule is Cc1cccc(-c2ccccc2)c1N1c2cc(N(c3ccccc3)c3ccccc3)cc3c2B(c2ccccc2N3c2ccccc2)c2cc3c(c(F)c21)Sc1cc(N(c2ccc(-c4ccccc4)cc2)c2ccc(-c4ccccc4)cc2)cc2c1B3c1ccccc1N2c1ccccc1. The summed E-state index contributed by atoms with van der Waals surface area (Å²) in [7, 11) is 0. The van der Waals surface area contributed by atoms with Crippen LogP contribution in [0.4, 0.5) is 89.7 Å². The van der Waals surface area contributed by atoms with E-state index in [1.54, 1.807) is 11.8 Å². The van der Waals surface area contributed by atoms with Gasteiger partial charge in [0.2, 0.25) is 6.71 Å². The quantitative estimate of drug-likeness (QED) is 0.113. The van der Waals surface area contributed by atoms with E-state index in [9.17, 15) is 0 Å². The Morgan fingerprint density at radius 2 is 0.680 bits per heavy atom. The van der Waals surface area contributed by atoms with Crippen molar-refractivity contribution in [3.05, 3.63) is 369 Å². The van der Waals surface area contributed by atoms with Crippen LogP contribution in [0.2, 0.25) is 0 Å². The van der Waals surface area contributed by atoms with Crippen LogP contribution >= 0.6 is 11.8 Å². The van der Waals surface area contributed by atoms with Crippen LogP contribution in [-0.4, -0.2) is 13.4 Å². The molecule has 0 amide bonds. The summed E-state index contributed by atoms with van der Waals surface area (Å²) in [6, 6.07) is 129. The zero-order chi connectivity index (χ0) is 66.4. The minimum absolute atomic E-state index is 0.256. The minimum atomic E-state index is -0.407. The van der Waals surface area contributed by atoms with E-state index in [1.807, 2.05) is 0 Å². The minimum Gasteiger partial charge on any atom is -0.311 e. The molecule has 4 aliphatic heterocycles. The Labute approximate surface area is 587 Å². The number of anilines is 15. The molecular weight excluding hydrogens is 1240 g/mol. The number of para-hydroxylation sites is 7. The third-order valence-corrected chi connectivity index (χ3v) is 21.6. The average Bonchev–Trinajstić information content (AvgIpc) is 0.684. The van der Waals surface area contributed by atoms with Crippen LogP contribution < -0.4 is 57.3 Å². The second-order valence-corrected chi connectivity index (χ2v) is 27.1. The molecule has 0 bridgehead atoms. The van der Waals surface area contributed by atoms with Crippen molar-refractivity contribution in [2.45, 2.75) is 16.7 Å². The van der Waals surface area contributed by atoms with E-state index >= 15 is 4.39 Å². The lowest BCUT2D eigenvalue weighted by Crippen LogP contribution is -2.65. The molecule has 0 radical (unpaired) electrons. The van der Waals surface area contributed by atoms with Gasteiger partial charge in [0.1, 0.15) is 0 Å². The van der Waals surface area contributed by atoms with Crippen LogP contribution in [0.1, 0.15) is 5.56 Å². The third-order valence-electron chi connectivity index (χ3n) is 20.4. The van der Waals surface area contributed by atoms with Gasteiger partial charge >= 0.3 is 0 Å². The van der Waals surface area contributed by atoms with Crippen LogP contribution in [0, 0.1) is 12.7 Å². The maximum Gasteiger partial charge on any atom is 0.252 e. The van der Waals surface area contributed by atoms with E-state index in [-0.39, 0.29) is 12.5 Å². The Bertz CT molecular complexity index is 5500. The standard InChI is InChI=1S/C91H62B2FN5S/c1-61-28-27-43-75(66-33-13-4-14-34-66)89(61)99-83-57-73(95(67-35-15-5-16-36-67)68-37-17-6-18-38-68)56-82-86(83)92(76-44-23-25-46-80(76)97(82)69-39-19-7-20-40-69)78-60-79-91(88(94)90(78)99)100-85-59-74(58-84-87(85)93(79)77-45-24-26-47-81(77)98(84)70-41-21-8-22-42-70)96(71-52-48-64(49-53-71)62-29-9-2-10-30-62)72-54-50-65(51-55-72)63-31-11-3-12-32-63/h2-60H,1H3. The van der Waals surface area contributed by atoms with Crippen LogP contribution in [0.3, 0.4) is 0 Å². The van der Waals surface area contributed by atoms with Crippen molar-refractivity contribution in [2.75, 3.05) is 24.5 Å². The third kappa shape index (κ3) is 9.71. The maximum atomic E-state index is 20.9. The Balaban J connectivity index is 0.898. The molecule has 0 N–H and O–H groups in total. The van der Waals surface area contributed by atoms with Crippen molar-refractivity contribution in [1.29, 1.82) is 0 Å². The molecule has 19 rings (SSSR count). The highest BCUT2D eigenvalue weighted by Crippen LogP contribution is 2.54. The summed E-state index contributed by atoms with van der Waals surface area (Å²) in [5.74, 6) is -0.256. The van der Waals surface area contributed by atoms with Crippen LogP contribution in [0.15, 0.2) is 368 Å². The Hall–Kier alpha value is -12.3. The number of aryl methyl sites for hydroxylation is 1. The first-order chi connectivity index (χ1) is 49.5. The largest absolute Gasteiger partial charge is 0.311 e. The fourth-order valence-corrected chi connectivity index (χ4v) is 17.3. The van der Waals surface area contributed by atoms with E-state index in [0.29, 0.717) is 10.6 Å². The van der Waals surface area contributed by atoms with E-state index in [0.717, 1.165) is 156 Å². The molecule has 4 aliphatic rings. The summed E-state index contributed by atoms with van der Waals surface area (Å²) in [5, 5.41) is 0. The molecule has 0 unspecified atom stereocenters. The number of hydrogen-bond acceptors (Lipinski definition) is 6. The zero-order valence-corrected chi connectivity index (χ0v) is 55.6. The number of hydrogen-bond donors (Lipinski definition) is 0. The number of rotatable bonds is 12. The Morgan fingerprint density at radius 3 is 1.18 bits per heavy atom. The van der Waals surface area contributed by atoms with Crippen LogP contribution in [0.25, 0.3) is 33.4 Å². The Kier molecular flexibility index (Phi) is 14.4. The van der Waals surface area contributed by atoms with Gasteiger partial charge in [-0.3, -0.25) is 0 Å². The van der Waals surface area contributed by atoms with Gasteiger partial charge in [-0.05, 0) is 177 Å². The molecule has 9 heteroatoms. The molecule has 0 saturated carbocycles. The van der Waals surface area contributed by atoms with Gasteiger partial charge in [0.05, 0.1) is 17.1 Å². The van der Waals surface area contributed by atoms with Crippen molar-refractivity contribution in [3.8, 4) is 33.4 Å². The van der Waals surface area contributed by atoms with Crippen LogP contribution in [-0.2, 0) is 0 Å². The average molecular weight is 1300 g/mol. The molecule has 4 heterocycles. The lowest BCUT2D eigenvalue weighted by atomic mass is 9.31. The number of fused-ring (bicyclic) bond motifs is 8. The van der Waals surface area contributed by atoms with Gasteiger partial charge in [-0.25, -0.2) is 4.39 Å². The van der Waals surface area contributed by atoms with Gasteiger partial charge in [0.15, 0.2) is 5.82 Å². The molecule has 5 nitrogen and oxygen atoms in total. The molecule has 470 valence electrons. The first kappa shape index (κ1) is 59.0. The maximum absolute atomic E-state index is 20.9. The molecule has 0 aliphatic carbocycles. The van der Waals surface area contributed by atoms with Gasteiger partial charge in [0, 0.05) is 83.6 Å². The lowest BCUT2D eigenvalue weighted by molar-refractivity contribution is 0.606. The van der Waals surface area contributed by atoms with E-state index in [1.165, 1.54) is 0 Å². The second kappa shape index (κ2) is 24.4. The molecule has 0 fully saturated rings. The van der Waals surface area contributed by atoms with Crippen molar-refractivity contribution in [1.82, 2.24) is 0 Å². The summed E-state index contributed by atoms with van der Waals surface area (Å²) in [6.45, 7) is 1.42. The highest BCUT2D eigenvalue weighted by atomic mass is 32.2. The molecule has 0 saturated heterocycles. The molecule has 15 aromatic carbocycles. The highest BCUT2D eigenvalue weighted by molar-refractivity contribution is 8.00. The van der Waals surface area contributed by atoms with Gasteiger partial charge in [-0.2, -0.15) is 0 Å². The summed E-state index contributed by atoms with van der Waals surface area (Å²) in [4.78, 5) is 13.5. The first-order valence-electron chi connectivity index (χ1n) is 34.2. The molecule has 15 aromatic rings. The molecule has 0 aromatic heterocycles. The van der Waals surface area contributed by atoms with E-state index in [2.05, 4.69) is 389 Å². The first-order valence-corrected chi connectivity index (χ1v) is 35.1. The van der Waals surface area contributed by atoms with Crippen molar-refractivity contribution in [3.63, 3.8) is 0 Å². The summed E-state index contributed by atoms with van der Waals surface area (Å²) in [5.41, 5.74) is 28.4. The fourth-order valence-electron chi connectivity index (χ4n) is 16.1. The predicted molar refractivity (Wildman–Crippen MR) is 421 cm³/mol. The molecule has 0 spiro atoms. The van der Waals surface area contributed by atoms with Crippen molar-refractivity contribution >= 4 is 143 Å². The summed E-state index contributed by atoms with van der Waals surface area (Å²) < 4.78 is 20.9. The highest BCUT2D eigenvalue weighted by Gasteiger charge is 2.50. The topological polar surface area (TPSA) is 16.2 Å². The number of benzene rings is 15. The fraction of sp³-hybridized carbons (Fsp3) is 0.0110. The van der Waals surface area contributed by atoms with Gasteiger partial charge < -0.3 is 24.5 Å². The molecular formula is C91H62B2FN5S. The van der Waals surface area contributed by atoms with Crippen molar-refractivity contribution < 1.29 is 4.39 Å². The zero-order valence-electron chi connectivity index (χ0n) is 54.7. The van der Waals surface area contributed by atoms with E-state index in [4.69, 9.17) is 0 Å². The molecule has 0 atom stereocenters. The smallest absolute Gasteiger partial charge is 0.252 e.